The van der Waals surface area contributed by atoms with Crippen LogP contribution in [0.5, 0.6) is 0 Å². The summed E-state index contributed by atoms with van der Waals surface area (Å²) in [6.07, 6.45) is 5.19. The van der Waals surface area contributed by atoms with Crippen LogP contribution in [0.15, 0.2) is 24.5 Å². The Morgan fingerprint density at radius 3 is 2.78 bits per heavy atom. The van der Waals surface area contributed by atoms with Crippen molar-refractivity contribution in [3.63, 3.8) is 0 Å². The van der Waals surface area contributed by atoms with Crippen molar-refractivity contribution in [3.05, 3.63) is 40.9 Å². The minimum Gasteiger partial charge on any atom is -0.396 e. The predicted molar refractivity (Wildman–Crippen MR) is 84.5 cm³/mol. The molecule has 0 atom stereocenters. The third kappa shape index (κ3) is 3.44. The molecule has 0 aliphatic carbocycles. The number of hydrogen-bond donors (Lipinski definition) is 1. The molecule has 1 aliphatic rings. The molecule has 6 nitrogen and oxygen atoms in total. The van der Waals surface area contributed by atoms with Crippen LogP contribution in [0.25, 0.3) is 0 Å². The fourth-order valence-electron chi connectivity index (χ4n) is 2.85. The minimum absolute atomic E-state index is 0.129. The average Bonchev–Trinajstić information content (AvgIpc) is 3.04. The molecule has 0 spiro atoms. The van der Waals surface area contributed by atoms with Gasteiger partial charge in [-0.15, -0.1) is 5.10 Å². The number of aromatic nitrogens is 3. The van der Waals surface area contributed by atoms with Crippen LogP contribution in [0.1, 0.15) is 23.2 Å². The van der Waals surface area contributed by atoms with E-state index < -0.39 is 5.82 Å². The largest absolute Gasteiger partial charge is 0.396 e. The molecule has 1 amide bonds. The number of carbonyl (C=O) groups is 1. The molecule has 122 valence electrons. The van der Waals surface area contributed by atoms with Crippen molar-refractivity contribution in [1.29, 1.82) is 0 Å². The van der Waals surface area contributed by atoms with Crippen LogP contribution in [0, 0.1) is 11.7 Å². The van der Waals surface area contributed by atoms with Crippen LogP contribution in [0.2, 0.25) is 5.02 Å². The van der Waals surface area contributed by atoms with Gasteiger partial charge in [0.2, 0.25) is 0 Å². The highest BCUT2D eigenvalue weighted by Gasteiger charge is 2.26. The minimum atomic E-state index is -0.665. The van der Waals surface area contributed by atoms with E-state index >= 15 is 0 Å². The monoisotopic (exact) mass is 337 g/mol. The molecular weight excluding hydrogens is 321 g/mol. The average molecular weight is 338 g/mol. The molecule has 1 aromatic heterocycles. The quantitative estimate of drug-likeness (QED) is 0.871. The Morgan fingerprint density at radius 1 is 1.39 bits per heavy atom. The molecule has 2 aromatic rings. The Morgan fingerprint density at radius 2 is 2.13 bits per heavy atom. The summed E-state index contributed by atoms with van der Waals surface area (Å²) in [4.78, 5) is 14.2. The van der Waals surface area contributed by atoms with E-state index in [1.165, 1.54) is 6.07 Å². The summed E-state index contributed by atoms with van der Waals surface area (Å²) in [6.45, 7) is 1.99. The van der Waals surface area contributed by atoms with Crippen LogP contribution in [0.4, 0.5) is 10.1 Å². The van der Waals surface area contributed by atoms with E-state index in [2.05, 4.69) is 10.3 Å². The van der Waals surface area contributed by atoms with Gasteiger partial charge in [-0.2, -0.15) is 0 Å². The molecule has 0 bridgehead atoms. The van der Waals surface area contributed by atoms with E-state index in [4.69, 9.17) is 17.3 Å². The van der Waals surface area contributed by atoms with Crippen LogP contribution in [-0.2, 0) is 6.54 Å². The maximum Gasteiger partial charge on any atom is 0.256 e. The SMILES string of the molecule is Nc1c(F)cc(Cl)cc1C(=O)N1CCC(Cn2ccnn2)CC1. The maximum absolute atomic E-state index is 13.6. The number of rotatable bonds is 3. The van der Waals surface area contributed by atoms with Crippen molar-refractivity contribution in [1.82, 2.24) is 19.9 Å². The third-order valence-electron chi connectivity index (χ3n) is 4.14. The summed E-state index contributed by atoms with van der Waals surface area (Å²) in [5.74, 6) is -0.501. The second-order valence-corrected chi connectivity index (χ2v) is 6.15. The Hall–Kier alpha value is -2.15. The Bertz CT molecular complexity index is 698. The summed E-state index contributed by atoms with van der Waals surface area (Å²) in [7, 11) is 0. The lowest BCUT2D eigenvalue weighted by molar-refractivity contribution is 0.0681. The van der Waals surface area contributed by atoms with Crippen LogP contribution in [-0.4, -0.2) is 38.9 Å². The maximum atomic E-state index is 13.6. The number of carbonyl (C=O) groups excluding carboxylic acids is 1. The number of nitrogens with zero attached hydrogens (tertiary/aromatic N) is 4. The lowest BCUT2D eigenvalue weighted by atomic mass is 9.96. The van der Waals surface area contributed by atoms with E-state index in [-0.39, 0.29) is 22.2 Å². The smallest absolute Gasteiger partial charge is 0.256 e. The van der Waals surface area contributed by atoms with Gasteiger partial charge < -0.3 is 10.6 Å². The summed E-state index contributed by atoms with van der Waals surface area (Å²) in [5, 5.41) is 7.91. The lowest BCUT2D eigenvalue weighted by Crippen LogP contribution is -2.39. The topological polar surface area (TPSA) is 77.0 Å². The Labute approximate surface area is 138 Å². The Kier molecular flexibility index (Phi) is 4.47. The molecule has 0 unspecified atom stereocenters. The fraction of sp³-hybridized carbons (Fsp3) is 0.400. The van der Waals surface area contributed by atoms with Crippen LogP contribution < -0.4 is 5.73 Å². The van der Waals surface area contributed by atoms with Gasteiger partial charge in [0.15, 0.2) is 0 Å². The first-order chi connectivity index (χ1) is 11.0. The number of hydrogen-bond acceptors (Lipinski definition) is 4. The van der Waals surface area contributed by atoms with Crippen molar-refractivity contribution in [2.24, 2.45) is 5.92 Å². The van der Waals surface area contributed by atoms with Gasteiger partial charge in [0.1, 0.15) is 5.82 Å². The zero-order valence-corrected chi connectivity index (χ0v) is 13.2. The summed E-state index contributed by atoms with van der Waals surface area (Å²) in [5.41, 5.74) is 5.66. The van der Waals surface area contributed by atoms with Gasteiger partial charge in [-0.3, -0.25) is 9.48 Å². The van der Waals surface area contributed by atoms with Crippen molar-refractivity contribution in [2.75, 3.05) is 18.8 Å². The number of nitrogen functional groups attached to an aromatic ring is 1. The molecule has 2 heterocycles. The number of nitrogens with two attached hydrogens (primary N) is 1. The normalized spacial score (nSPS) is 15.8. The third-order valence-corrected chi connectivity index (χ3v) is 4.36. The van der Waals surface area contributed by atoms with Gasteiger partial charge in [0.05, 0.1) is 17.4 Å². The number of amides is 1. The number of halogens is 2. The van der Waals surface area contributed by atoms with Gasteiger partial charge in [-0.05, 0) is 30.9 Å². The highest BCUT2D eigenvalue weighted by Crippen LogP contribution is 2.26. The Balaban J connectivity index is 1.64. The molecule has 2 N–H and O–H groups in total. The number of anilines is 1. The van der Waals surface area contributed by atoms with Gasteiger partial charge in [0.25, 0.3) is 5.91 Å². The molecule has 1 aromatic carbocycles. The van der Waals surface area contributed by atoms with E-state index in [0.717, 1.165) is 25.5 Å². The molecule has 0 radical (unpaired) electrons. The van der Waals surface area contributed by atoms with Crippen molar-refractivity contribution >= 4 is 23.2 Å². The standard InChI is InChI=1S/C15H17ClFN5O/c16-11-7-12(14(18)13(17)8-11)15(23)21-4-1-10(2-5-21)9-22-6-3-19-20-22/h3,6-8,10H,1-2,4-5,9,18H2. The van der Waals surface area contributed by atoms with E-state index in [1.807, 2.05) is 6.20 Å². The summed E-state index contributed by atoms with van der Waals surface area (Å²) in [6, 6.07) is 2.53. The van der Waals surface area contributed by atoms with Gasteiger partial charge in [0, 0.05) is 30.9 Å². The molecule has 1 saturated heterocycles. The van der Waals surface area contributed by atoms with E-state index in [9.17, 15) is 9.18 Å². The highest BCUT2D eigenvalue weighted by molar-refractivity contribution is 6.31. The van der Waals surface area contributed by atoms with Crippen LogP contribution >= 0.6 is 11.6 Å². The summed E-state index contributed by atoms with van der Waals surface area (Å²) >= 11 is 5.83. The predicted octanol–water partition coefficient (Wildman–Crippen LogP) is 2.21. The molecule has 0 saturated carbocycles. The molecule has 1 fully saturated rings. The van der Waals surface area contributed by atoms with Crippen molar-refractivity contribution < 1.29 is 9.18 Å². The summed E-state index contributed by atoms with van der Waals surface area (Å²) < 4.78 is 15.4. The number of likely N-dealkylation sites (tertiary alicyclic amines) is 1. The first-order valence-corrected chi connectivity index (χ1v) is 7.80. The first kappa shape index (κ1) is 15.7. The lowest BCUT2D eigenvalue weighted by Gasteiger charge is -2.32. The molecule has 8 heteroatoms. The fourth-order valence-corrected chi connectivity index (χ4v) is 3.05. The van der Waals surface area contributed by atoms with E-state index in [1.54, 1.807) is 15.8 Å². The molecular formula is C15H17ClFN5O. The number of piperidine rings is 1. The zero-order chi connectivity index (χ0) is 16.4. The van der Waals surface area contributed by atoms with Gasteiger partial charge >= 0.3 is 0 Å². The van der Waals surface area contributed by atoms with Crippen molar-refractivity contribution in [2.45, 2.75) is 19.4 Å². The molecule has 3 rings (SSSR count). The second kappa shape index (κ2) is 6.54. The van der Waals surface area contributed by atoms with Gasteiger partial charge in [-0.25, -0.2) is 4.39 Å². The van der Waals surface area contributed by atoms with Crippen molar-refractivity contribution in [3.8, 4) is 0 Å². The zero-order valence-electron chi connectivity index (χ0n) is 12.5. The second-order valence-electron chi connectivity index (χ2n) is 5.71. The number of benzene rings is 1. The molecule has 23 heavy (non-hydrogen) atoms. The highest BCUT2D eigenvalue weighted by atomic mass is 35.5. The van der Waals surface area contributed by atoms with E-state index in [0.29, 0.717) is 19.0 Å². The molecule has 1 aliphatic heterocycles. The van der Waals surface area contributed by atoms with Gasteiger partial charge in [-0.1, -0.05) is 16.8 Å². The first-order valence-electron chi connectivity index (χ1n) is 7.42. The van der Waals surface area contributed by atoms with Crippen LogP contribution in [0.3, 0.4) is 0 Å².